The molecule has 0 aromatic heterocycles. The highest BCUT2D eigenvalue weighted by Gasteiger charge is 2.22. The molecule has 0 N–H and O–H groups in total. The summed E-state index contributed by atoms with van der Waals surface area (Å²) in [4.78, 5) is 23.6. The SMILES string of the molecule is CCCC(=O)OCCOc1c2ccccc2c(OCCOC(=O)CCC)c2cc(C(C)(C)CC)ccc12. The fourth-order valence-electron chi connectivity index (χ4n) is 4.19. The lowest BCUT2D eigenvalue weighted by molar-refractivity contribution is -0.145. The van der Waals surface area contributed by atoms with Crippen LogP contribution in [0.1, 0.15) is 72.3 Å². The van der Waals surface area contributed by atoms with Crippen LogP contribution >= 0.6 is 0 Å². The van der Waals surface area contributed by atoms with E-state index in [1.807, 2.05) is 38.1 Å². The fourth-order valence-corrected chi connectivity index (χ4v) is 4.19. The van der Waals surface area contributed by atoms with Crippen molar-refractivity contribution in [2.75, 3.05) is 26.4 Å². The third kappa shape index (κ3) is 7.15. The molecule has 0 atom stereocenters. The minimum absolute atomic E-state index is 0.0126. The summed E-state index contributed by atoms with van der Waals surface area (Å²) in [6.45, 7) is 11.4. The summed E-state index contributed by atoms with van der Waals surface area (Å²) in [5, 5.41) is 3.69. The van der Waals surface area contributed by atoms with Crippen molar-refractivity contribution in [1.82, 2.24) is 0 Å². The van der Waals surface area contributed by atoms with Gasteiger partial charge in [-0.05, 0) is 36.3 Å². The first kappa shape index (κ1) is 28.3. The number of esters is 2. The maximum Gasteiger partial charge on any atom is 0.305 e. The van der Waals surface area contributed by atoms with E-state index < -0.39 is 0 Å². The van der Waals surface area contributed by atoms with Gasteiger partial charge in [0.2, 0.25) is 0 Å². The zero-order valence-corrected chi connectivity index (χ0v) is 22.9. The van der Waals surface area contributed by atoms with Crippen molar-refractivity contribution in [3.8, 4) is 11.5 Å². The molecule has 0 saturated carbocycles. The van der Waals surface area contributed by atoms with Crippen LogP contribution in [0.25, 0.3) is 21.5 Å². The number of rotatable bonds is 14. The molecule has 6 heteroatoms. The fraction of sp³-hybridized carbons (Fsp3) is 0.484. The molecule has 0 fully saturated rings. The molecule has 0 aliphatic heterocycles. The second-order valence-electron chi connectivity index (χ2n) is 9.84. The smallest absolute Gasteiger partial charge is 0.305 e. The van der Waals surface area contributed by atoms with E-state index in [1.54, 1.807) is 0 Å². The number of ether oxygens (including phenoxy) is 4. The van der Waals surface area contributed by atoms with Crippen LogP contribution in [0.2, 0.25) is 0 Å². The zero-order valence-electron chi connectivity index (χ0n) is 22.9. The molecule has 0 unspecified atom stereocenters. The van der Waals surface area contributed by atoms with Gasteiger partial charge in [0.1, 0.15) is 37.9 Å². The van der Waals surface area contributed by atoms with E-state index in [2.05, 4.69) is 39.0 Å². The van der Waals surface area contributed by atoms with Crippen LogP contribution in [0, 0.1) is 0 Å². The number of benzene rings is 3. The molecule has 3 rings (SSSR count). The van der Waals surface area contributed by atoms with Gasteiger partial charge in [0.15, 0.2) is 0 Å². The van der Waals surface area contributed by atoms with Crippen molar-refractivity contribution in [1.29, 1.82) is 0 Å². The molecule has 0 heterocycles. The predicted molar refractivity (Wildman–Crippen MR) is 147 cm³/mol. The summed E-state index contributed by atoms with van der Waals surface area (Å²) >= 11 is 0. The van der Waals surface area contributed by atoms with Gasteiger partial charge < -0.3 is 18.9 Å². The van der Waals surface area contributed by atoms with Crippen LogP contribution in [-0.2, 0) is 24.5 Å². The van der Waals surface area contributed by atoms with E-state index in [-0.39, 0.29) is 43.8 Å². The maximum atomic E-state index is 11.8. The highest BCUT2D eigenvalue weighted by molar-refractivity contribution is 6.11. The summed E-state index contributed by atoms with van der Waals surface area (Å²) < 4.78 is 23.2. The predicted octanol–water partition coefficient (Wildman–Crippen LogP) is 7.12. The molecule has 200 valence electrons. The lowest BCUT2D eigenvalue weighted by atomic mass is 9.81. The Labute approximate surface area is 220 Å². The largest absolute Gasteiger partial charge is 0.489 e. The molecular weight excluding hydrogens is 468 g/mol. The average molecular weight is 509 g/mol. The van der Waals surface area contributed by atoms with E-state index in [1.165, 1.54) is 5.56 Å². The normalized spacial score (nSPS) is 11.5. The Hall–Kier alpha value is -3.28. The van der Waals surface area contributed by atoms with Gasteiger partial charge in [-0.1, -0.05) is 71.0 Å². The highest BCUT2D eigenvalue weighted by atomic mass is 16.6. The molecule has 0 spiro atoms. The molecule has 0 amide bonds. The molecule has 6 nitrogen and oxygen atoms in total. The summed E-state index contributed by atoms with van der Waals surface area (Å²) in [5.74, 6) is 1.05. The summed E-state index contributed by atoms with van der Waals surface area (Å²) in [7, 11) is 0. The first-order valence-corrected chi connectivity index (χ1v) is 13.4. The average Bonchev–Trinajstić information content (AvgIpc) is 2.89. The molecule has 37 heavy (non-hydrogen) atoms. The topological polar surface area (TPSA) is 71.1 Å². The first-order chi connectivity index (χ1) is 17.8. The molecule has 0 aliphatic rings. The standard InChI is InChI=1S/C31H40O6/c1-6-11-27(32)34-17-19-36-29-23-13-9-10-14-24(23)30(37-20-18-35-28(33)12-7-2)26-21-22(15-16-25(26)29)31(4,5)8-3/h9-10,13-16,21H,6-8,11-12,17-20H2,1-5H3. The van der Waals surface area contributed by atoms with Crippen molar-refractivity contribution in [3.63, 3.8) is 0 Å². The molecule has 3 aromatic rings. The van der Waals surface area contributed by atoms with Gasteiger partial charge in [0.05, 0.1) is 0 Å². The van der Waals surface area contributed by atoms with Gasteiger partial charge in [0, 0.05) is 34.4 Å². The maximum absolute atomic E-state index is 11.8. The second-order valence-corrected chi connectivity index (χ2v) is 9.84. The van der Waals surface area contributed by atoms with Gasteiger partial charge >= 0.3 is 11.9 Å². The van der Waals surface area contributed by atoms with Crippen LogP contribution in [0.3, 0.4) is 0 Å². The van der Waals surface area contributed by atoms with E-state index in [0.717, 1.165) is 52.3 Å². The summed E-state index contributed by atoms with van der Waals surface area (Å²) in [6.07, 6.45) is 3.31. The van der Waals surface area contributed by atoms with Crippen molar-refractivity contribution in [2.24, 2.45) is 0 Å². The molecule has 0 radical (unpaired) electrons. The third-order valence-corrected chi connectivity index (χ3v) is 6.68. The lowest BCUT2D eigenvalue weighted by Crippen LogP contribution is -2.16. The third-order valence-electron chi connectivity index (χ3n) is 6.68. The van der Waals surface area contributed by atoms with E-state index in [4.69, 9.17) is 18.9 Å². The number of fused-ring (bicyclic) bond motifs is 2. The quantitative estimate of drug-likeness (QED) is 0.131. The minimum Gasteiger partial charge on any atom is -0.489 e. The Morgan fingerprint density at radius 1 is 0.676 bits per heavy atom. The molecule has 0 saturated heterocycles. The monoisotopic (exact) mass is 508 g/mol. The summed E-state index contributed by atoms with van der Waals surface area (Å²) in [6, 6.07) is 14.4. The van der Waals surface area contributed by atoms with Crippen LogP contribution < -0.4 is 9.47 Å². The number of hydrogen-bond donors (Lipinski definition) is 0. The molecule has 0 aliphatic carbocycles. The van der Waals surface area contributed by atoms with Crippen molar-refractivity contribution >= 4 is 33.5 Å². The first-order valence-electron chi connectivity index (χ1n) is 13.4. The molecule has 0 bridgehead atoms. The number of carbonyl (C=O) groups excluding carboxylic acids is 2. The summed E-state index contributed by atoms with van der Waals surface area (Å²) in [5.41, 5.74) is 1.19. The van der Waals surface area contributed by atoms with Crippen molar-refractivity contribution in [2.45, 2.75) is 72.1 Å². The zero-order chi connectivity index (χ0) is 26.8. The Morgan fingerprint density at radius 2 is 1.16 bits per heavy atom. The van der Waals surface area contributed by atoms with Crippen molar-refractivity contribution in [3.05, 3.63) is 48.0 Å². The van der Waals surface area contributed by atoms with Gasteiger partial charge in [-0.15, -0.1) is 0 Å². The van der Waals surface area contributed by atoms with E-state index in [9.17, 15) is 9.59 Å². The highest BCUT2D eigenvalue weighted by Crippen LogP contribution is 2.44. The Morgan fingerprint density at radius 3 is 1.65 bits per heavy atom. The van der Waals surface area contributed by atoms with E-state index in [0.29, 0.717) is 12.8 Å². The van der Waals surface area contributed by atoms with Crippen LogP contribution in [-0.4, -0.2) is 38.4 Å². The minimum atomic E-state index is -0.212. The Kier molecular flexibility index (Phi) is 10.2. The number of hydrogen-bond acceptors (Lipinski definition) is 6. The number of carbonyl (C=O) groups is 2. The van der Waals surface area contributed by atoms with Gasteiger partial charge in [-0.3, -0.25) is 9.59 Å². The van der Waals surface area contributed by atoms with Gasteiger partial charge in [-0.2, -0.15) is 0 Å². The Balaban J connectivity index is 2.00. The Bertz CT molecular complexity index is 1210. The lowest BCUT2D eigenvalue weighted by Gasteiger charge is -2.25. The van der Waals surface area contributed by atoms with Crippen molar-refractivity contribution < 1.29 is 28.5 Å². The second kappa shape index (κ2) is 13.3. The molecular formula is C31H40O6. The van der Waals surface area contributed by atoms with Crippen LogP contribution in [0.15, 0.2) is 42.5 Å². The van der Waals surface area contributed by atoms with Crippen LogP contribution in [0.5, 0.6) is 11.5 Å². The van der Waals surface area contributed by atoms with E-state index >= 15 is 0 Å². The van der Waals surface area contributed by atoms with Gasteiger partial charge in [0.25, 0.3) is 0 Å². The molecule has 3 aromatic carbocycles. The van der Waals surface area contributed by atoms with Gasteiger partial charge in [-0.25, -0.2) is 0 Å². The van der Waals surface area contributed by atoms with Crippen LogP contribution in [0.4, 0.5) is 0 Å².